The zero-order chi connectivity index (χ0) is 11.5. The number of aromatic nitrogens is 2. The maximum Gasteiger partial charge on any atom is 0.315 e. The molecule has 0 aliphatic rings. The Bertz CT molecular complexity index is 313. The van der Waals surface area contributed by atoms with E-state index in [9.17, 15) is 4.79 Å². The van der Waals surface area contributed by atoms with E-state index < -0.39 is 0 Å². The predicted molar refractivity (Wildman–Crippen MR) is 58.4 cm³/mol. The van der Waals surface area contributed by atoms with Crippen molar-refractivity contribution in [1.29, 1.82) is 0 Å². The summed E-state index contributed by atoms with van der Waals surface area (Å²) in [6.45, 7) is 7.73. The van der Waals surface area contributed by atoms with Gasteiger partial charge in [-0.25, -0.2) is 4.79 Å². The fraction of sp³-hybridized carbons (Fsp3) is 0.600. The smallest absolute Gasteiger partial charge is 0.315 e. The molecule has 0 aliphatic heterocycles. The Kier molecular flexibility index (Phi) is 3.34. The number of nitrogens with one attached hydrogen (secondary N) is 3. The fourth-order valence-electron chi connectivity index (χ4n) is 1.15. The Morgan fingerprint density at radius 3 is 2.67 bits per heavy atom. The first-order valence-electron chi connectivity index (χ1n) is 4.96. The van der Waals surface area contributed by atoms with Crippen LogP contribution in [-0.2, 0) is 0 Å². The lowest BCUT2D eigenvalue weighted by molar-refractivity contribution is 0.229. The van der Waals surface area contributed by atoms with Gasteiger partial charge in [-0.15, -0.1) is 0 Å². The molecule has 84 valence electrons. The van der Waals surface area contributed by atoms with Gasteiger partial charge in [-0.05, 0) is 27.7 Å². The van der Waals surface area contributed by atoms with Crippen LogP contribution in [0.25, 0.3) is 0 Å². The molecule has 1 aromatic heterocycles. The molecule has 1 aromatic rings. The third kappa shape index (κ3) is 4.01. The molecule has 15 heavy (non-hydrogen) atoms. The summed E-state index contributed by atoms with van der Waals surface area (Å²) in [4.78, 5) is 11.5. The van der Waals surface area contributed by atoms with Gasteiger partial charge < -0.3 is 10.6 Å². The van der Waals surface area contributed by atoms with Gasteiger partial charge in [0.15, 0.2) is 0 Å². The summed E-state index contributed by atoms with van der Waals surface area (Å²) in [5.41, 5.74) is 0.735. The third-order valence-electron chi connectivity index (χ3n) is 1.86. The van der Waals surface area contributed by atoms with Gasteiger partial charge in [-0.1, -0.05) is 0 Å². The first-order valence-corrected chi connectivity index (χ1v) is 4.96. The molecule has 0 aliphatic carbocycles. The maximum absolute atomic E-state index is 11.5. The Labute approximate surface area is 89.6 Å². The Balaban J connectivity index is 2.45. The minimum Gasteiger partial charge on any atom is -0.334 e. The number of aromatic amines is 1. The van der Waals surface area contributed by atoms with Gasteiger partial charge in [-0.2, -0.15) is 5.10 Å². The molecule has 0 aromatic carbocycles. The standard InChI is InChI=1S/C10H18N4O/c1-7(8-5-11-12-6-8)13-9(15)14-10(2,3)4/h5-7H,1-4H3,(H,11,12)(H2,13,14,15). The third-order valence-corrected chi connectivity index (χ3v) is 1.86. The average Bonchev–Trinajstić information content (AvgIpc) is 2.50. The van der Waals surface area contributed by atoms with E-state index in [-0.39, 0.29) is 17.6 Å². The van der Waals surface area contributed by atoms with E-state index >= 15 is 0 Å². The number of amides is 2. The number of rotatable bonds is 2. The highest BCUT2D eigenvalue weighted by molar-refractivity contribution is 5.75. The Morgan fingerprint density at radius 1 is 1.53 bits per heavy atom. The molecule has 3 N–H and O–H groups in total. The largest absolute Gasteiger partial charge is 0.334 e. The van der Waals surface area contributed by atoms with Crippen molar-refractivity contribution < 1.29 is 4.79 Å². The number of carbonyl (C=O) groups excluding carboxylic acids is 1. The molecule has 0 fully saturated rings. The van der Waals surface area contributed by atoms with Crippen molar-refractivity contribution in [1.82, 2.24) is 20.8 Å². The summed E-state index contributed by atoms with van der Waals surface area (Å²) in [7, 11) is 0. The first-order chi connectivity index (χ1) is 6.88. The zero-order valence-electron chi connectivity index (χ0n) is 9.59. The Morgan fingerprint density at radius 2 is 2.20 bits per heavy atom. The molecule has 0 radical (unpaired) electrons. The highest BCUT2D eigenvalue weighted by Crippen LogP contribution is 2.09. The van der Waals surface area contributed by atoms with E-state index in [0.29, 0.717) is 0 Å². The van der Waals surface area contributed by atoms with Crippen molar-refractivity contribution in [2.75, 3.05) is 0 Å². The second-order valence-corrected chi connectivity index (χ2v) is 4.60. The number of nitrogens with zero attached hydrogens (tertiary/aromatic N) is 1. The second kappa shape index (κ2) is 4.33. The van der Waals surface area contributed by atoms with Gasteiger partial charge in [0.1, 0.15) is 0 Å². The minimum absolute atomic E-state index is 0.0499. The van der Waals surface area contributed by atoms with Crippen LogP contribution in [0.4, 0.5) is 4.79 Å². The summed E-state index contributed by atoms with van der Waals surface area (Å²) in [6.07, 6.45) is 3.46. The number of hydrogen-bond donors (Lipinski definition) is 3. The lowest BCUT2D eigenvalue weighted by Gasteiger charge is -2.22. The number of H-pyrrole nitrogens is 1. The molecule has 1 atom stereocenters. The maximum atomic E-state index is 11.5. The quantitative estimate of drug-likeness (QED) is 0.693. The fourth-order valence-corrected chi connectivity index (χ4v) is 1.15. The van der Waals surface area contributed by atoms with Crippen LogP contribution in [0.1, 0.15) is 39.3 Å². The summed E-state index contributed by atoms with van der Waals surface area (Å²) in [5.74, 6) is 0. The van der Waals surface area contributed by atoms with Crippen molar-refractivity contribution in [2.24, 2.45) is 0 Å². The van der Waals surface area contributed by atoms with Crippen LogP contribution in [0.15, 0.2) is 12.4 Å². The van der Waals surface area contributed by atoms with Gasteiger partial charge >= 0.3 is 6.03 Å². The predicted octanol–water partition coefficient (Wildman–Crippen LogP) is 1.57. The molecule has 0 bridgehead atoms. The Hall–Kier alpha value is -1.52. The first kappa shape index (κ1) is 11.6. The van der Waals surface area contributed by atoms with Gasteiger partial charge in [0.25, 0.3) is 0 Å². The van der Waals surface area contributed by atoms with E-state index in [2.05, 4.69) is 20.8 Å². The summed E-state index contributed by atoms with van der Waals surface area (Å²) >= 11 is 0. The normalized spacial score (nSPS) is 13.3. The average molecular weight is 210 g/mol. The molecule has 5 heteroatoms. The monoisotopic (exact) mass is 210 g/mol. The molecule has 5 nitrogen and oxygen atoms in total. The lowest BCUT2D eigenvalue weighted by Crippen LogP contribution is -2.46. The molecule has 1 unspecified atom stereocenters. The highest BCUT2D eigenvalue weighted by Gasteiger charge is 2.16. The van der Waals surface area contributed by atoms with Crippen LogP contribution in [-0.4, -0.2) is 21.8 Å². The summed E-state index contributed by atoms with van der Waals surface area (Å²) < 4.78 is 0. The van der Waals surface area contributed by atoms with Crippen LogP contribution in [0, 0.1) is 0 Å². The van der Waals surface area contributed by atoms with Crippen molar-refractivity contribution in [2.45, 2.75) is 39.3 Å². The molecular weight excluding hydrogens is 192 g/mol. The van der Waals surface area contributed by atoms with Crippen LogP contribution in [0.2, 0.25) is 0 Å². The van der Waals surface area contributed by atoms with Crippen LogP contribution in [0.3, 0.4) is 0 Å². The molecule has 0 saturated heterocycles. The van der Waals surface area contributed by atoms with E-state index in [0.717, 1.165) is 5.56 Å². The second-order valence-electron chi connectivity index (χ2n) is 4.60. The van der Waals surface area contributed by atoms with Gasteiger partial charge in [0.05, 0.1) is 12.2 Å². The number of hydrogen-bond acceptors (Lipinski definition) is 2. The van der Waals surface area contributed by atoms with E-state index in [1.807, 2.05) is 27.7 Å². The number of carbonyl (C=O) groups is 1. The van der Waals surface area contributed by atoms with Crippen LogP contribution >= 0.6 is 0 Å². The van der Waals surface area contributed by atoms with E-state index in [1.165, 1.54) is 0 Å². The number of urea groups is 1. The van der Waals surface area contributed by atoms with Gasteiger partial charge in [0, 0.05) is 17.3 Å². The summed E-state index contributed by atoms with van der Waals surface area (Å²) in [5, 5.41) is 12.2. The van der Waals surface area contributed by atoms with Gasteiger partial charge in [-0.3, -0.25) is 5.10 Å². The topological polar surface area (TPSA) is 69.8 Å². The molecule has 0 spiro atoms. The molecule has 1 rings (SSSR count). The van der Waals surface area contributed by atoms with Crippen LogP contribution < -0.4 is 10.6 Å². The van der Waals surface area contributed by atoms with Crippen LogP contribution in [0.5, 0.6) is 0 Å². The zero-order valence-corrected chi connectivity index (χ0v) is 9.59. The molecule has 0 saturated carbocycles. The SMILES string of the molecule is CC(NC(=O)NC(C)(C)C)c1cn[nH]c1. The van der Waals surface area contributed by atoms with E-state index in [1.54, 1.807) is 12.4 Å². The van der Waals surface area contributed by atoms with Gasteiger partial charge in [0.2, 0.25) is 0 Å². The van der Waals surface area contributed by atoms with Crippen molar-refractivity contribution >= 4 is 6.03 Å². The molecule has 2 amide bonds. The van der Waals surface area contributed by atoms with Crippen molar-refractivity contribution in [3.63, 3.8) is 0 Å². The minimum atomic E-state index is -0.222. The molecule has 1 heterocycles. The lowest BCUT2D eigenvalue weighted by atomic mass is 10.1. The summed E-state index contributed by atoms with van der Waals surface area (Å²) in [6, 6.07) is -0.220. The molecular formula is C10H18N4O. The highest BCUT2D eigenvalue weighted by atomic mass is 16.2. The van der Waals surface area contributed by atoms with Crippen molar-refractivity contribution in [3.8, 4) is 0 Å². The van der Waals surface area contributed by atoms with E-state index in [4.69, 9.17) is 0 Å². The van der Waals surface area contributed by atoms with Crippen molar-refractivity contribution in [3.05, 3.63) is 18.0 Å².